The van der Waals surface area contributed by atoms with Crippen LogP contribution in [0, 0.1) is 10.8 Å². The summed E-state index contributed by atoms with van der Waals surface area (Å²) in [4.78, 5) is 25.8. The van der Waals surface area contributed by atoms with E-state index in [9.17, 15) is 14.7 Å². The van der Waals surface area contributed by atoms with Crippen molar-refractivity contribution in [2.75, 3.05) is 13.1 Å². The number of carboxylic acid groups (broad SMARTS) is 1. The van der Waals surface area contributed by atoms with Gasteiger partial charge in [-0.3, -0.25) is 4.79 Å². The lowest BCUT2D eigenvalue weighted by Crippen LogP contribution is -2.47. The van der Waals surface area contributed by atoms with E-state index in [4.69, 9.17) is 0 Å². The molecule has 5 heteroatoms. The summed E-state index contributed by atoms with van der Waals surface area (Å²) in [6, 6.07) is 8.06. The normalized spacial score (nSPS) is 28.3. The number of likely N-dealkylation sites (tertiary alicyclic amines) is 1. The Morgan fingerprint density at radius 1 is 1.21 bits per heavy atom. The zero-order chi connectivity index (χ0) is 17.5. The lowest BCUT2D eigenvalue weighted by Gasteiger charge is -2.41. The largest absolute Gasteiger partial charge is 0.481 e. The summed E-state index contributed by atoms with van der Waals surface area (Å²) >= 11 is 0. The van der Waals surface area contributed by atoms with Crippen LogP contribution in [-0.2, 0) is 11.2 Å². The number of aliphatic carboxylic acids is 1. The number of amides is 2. The van der Waals surface area contributed by atoms with Gasteiger partial charge in [0.15, 0.2) is 0 Å². The lowest BCUT2D eigenvalue weighted by atomic mass is 9.70. The molecule has 1 saturated heterocycles. The fraction of sp³-hybridized carbons (Fsp3) is 0.579. The number of nitrogens with zero attached hydrogens (tertiary/aromatic N) is 1. The Morgan fingerprint density at radius 3 is 2.58 bits per heavy atom. The minimum Gasteiger partial charge on any atom is -0.481 e. The molecule has 1 aromatic carbocycles. The van der Waals surface area contributed by atoms with E-state index in [-0.39, 0.29) is 24.0 Å². The summed E-state index contributed by atoms with van der Waals surface area (Å²) in [6.07, 6.45) is 2.54. The Morgan fingerprint density at radius 2 is 1.92 bits per heavy atom. The molecular formula is C19H26N2O3. The number of carbonyl (C=O) groups is 2. The van der Waals surface area contributed by atoms with Crippen LogP contribution in [0.4, 0.5) is 4.79 Å². The maximum absolute atomic E-state index is 12.7. The van der Waals surface area contributed by atoms with Crippen LogP contribution in [0.15, 0.2) is 24.3 Å². The summed E-state index contributed by atoms with van der Waals surface area (Å²) < 4.78 is 0. The molecule has 1 aromatic rings. The van der Waals surface area contributed by atoms with E-state index < -0.39 is 11.4 Å². The van der Waals surface area contributed by atoms with Crippen molar-refractivity contribution in [1.82, 2.24) is 10.2 Å². The van der Waals surface area contributed by atoms with Gasteiger partial charge in [-0.25, -0.2) is 4.79 Å². The molecule has 0 aromatic heterocycles. The highest BCUT2D eigenvalue weighted by Gasteiger charge is 2.44. The summed E-state index contributed by atoms with van der Waals surface area (Å²) in [5, 5.41) is 12.5. The average molecular weight is 330 g/mol. The van der Waals surface area contributed by atoms with Crippen molar-refractivity contribution in [2.24, 2.45) is 10.8 Å². The smallest absolute Gasteiger partial charge is 0.317 e. The third-order valence-corrected chi connectivity index (χ3v) is 5.73. The van der Waals surface area contributed by atoms with Crippen molar-refractivity contribution in [1.29, 1.82) is 0 Å². The van der Waals surface area contributed by atoms with Crippen LogP contribution >= 0.6 is 0 Å². The minimum atomic E-state index is -0.836. The van der Waals surface area contributed by atoms with Crippen molar-refractivity contribution in [3.63, 3.8) is 0 Å². The van der Waals surface area contributed by atoms with E-state index >= 15 is 0 Å². The molecule has 2 aliphatic rings. The fourth-order valence-corrected chi connectivity index (χ4v) is 3.86. The van der Waals surface area contributed by atoms with Crippen molar-refractivity contribution in [3.05, 3.63) is 35.4 Å². The van der Waals surface area contributed by atoms with Gasteiger partial charge in [0.05, 0.1) is 11.5 Å². The Bertz CT molecular complexity index is 670. The van der Waals surface area contributed by atoms with Gasteiger partial charge in [0, 0.05) is 13.1 Å². The van der Waals surface area contributed by atoms with Crippen molar-refractivity contribution >= 4 is 12.0 Å². The van der Waals surface area contributed by atoms with E-state index in [2.05, 4.69) is 31.3 Å². The van der Waals surface area contributed by atoms with Crippen LogP contribution in [0.3, 0.4) is 0 Å². The van der Waals surface area contributed by atoms with Crippen molar-refractivity contribution < 1.29 is 14.7 Å². The van der Waals surface area contributed by atoms with Gasteiger partial charge in [-0.1, -0.05) is 38.1 Å². The first-order valence-electron chi connectivity index (χ1n) is 8.60. The standard InChI is InChI=1S/C19H26N2O3/c1-18(2)9-8-13-6-4-5-7-14(13)15(18)20-17(24)21-11-10-19(3,12-21)16(22)23/h4-7,15H,8-12H2,1-3H3,(H,20,24)(H,22,23). The van der Waals surface area contributed by atoms with Gasteiger partial charge in [-0.15, -0.1) is 0 Å². The molecule has 0 saturated carbocycles. The predicted molar refractivity (Wildman–Crippen MR) is 91.7 cm³/mol. The molecule has 2 amide bonds. The molecule has 2 unspecified atom stereocenters. The number of urea groups is 1. The molecule has 1 aliphatic carbocycles. The van der Waals surface area contributed by atoms with Crippen LogP contribution in [0.25, 0.3) is 0 Å². The van der Waals surface area contributed by atoms with Crippen molar-refractivity contribution in [2.45, 2.75) is 46.1 Å². The van der Waals surface area contributed by atoms with Gasteiger partial charge in [0.25, 0.3) is 0 Å². The lowest BCUT2D eigenvalue weighted by molar-refractivity contribution is -0.147. The maximum Gasteiger partial charge on any atom is 0.317 e. The molecule has 2 atom stereocenters. The molecule has 1 aliphatic heterocycles. The Balaban J connectivity index is 1.78. The number of carboxylic acids is 1. The second-order valence-electron chi connectivity index (χ2n) is 8.11. The van der Waals surface area contributed by atoms with Crippen LogP contribution < -0.4 is 5.32 Å². The molecule has 0 radical (unpaired) electrons. The number of rotatable bonds is 2. The van der Waals surface area contributed by atoms with E-state index in [1.165, 1.54) is 11.1 Å². The zero-order valence-corrected chi connectivity index (χ0v) is 14.6. The van der Waals surface area contributed by atoms with Gasteiger partial charge in [0.2, 0.25) is 0 Å². The molecule has 3 rings (SSSR count). The first kappa shape index (κ1) is 16.8. The van der Waals surface area contributed by atoms with Gasteiger partial charge in [0.1, 0.15) is 0 Å². The second-order valence-corrected chi connectivity index (χ2v) is 8.11. The number of benzene rings is 1. The number of hydrogen-bond donors (Lipinski definition) is 2. The predicted octanol–water partition coefficient (Wildman–Crippen LogP) is 3.21. The average Bonchev–Trinajstić information content (AvgIpc) is 2.94. The third kappa shape index (κ3) is 2.87. The number of carbonyl (C=O) groups excluding carboxylic acids is 1. The number of nitrogens with one attached hydrogen (secondary N) is 1. The quantitative estimate of drug-likeness (QED) is 0.875. The van der Waals surface area contributed by atoms with Gasteiger partial charge in [-0.05, 0) is 42.7 Å². The summed E-state index contributed by atoms with van der Waals surface area (Å²) in [5.74, 6) is -0.832. The Labute approximate surface area is 143 Å². The van der Waals surface area contributed by atoms with E-state index in [0.717, 1.165) is 12.8 Å². The highest BCUT2D eigenvalue weighted by Crippen LogP contribution is 2.43. The van der Waals surface area contributed by atoms with Gasteiger partial charge in [-0.2, -0.15) is 0 Å². The highest BCUT2D eigenvalue weighted by molar-refractivity contribution is 5.79. The Kier molecular flexibility index (Phi) is 4.06. The molecule has 1 heterocycles. The molecule has 0 spiro atoms. The van der Waals surface area contributed by atoms with Crippen LogP contribution in [0.2, 0.25) is 0 Å². The fourth-order valence-electron chi connectivity index (χ4n) is 3.86. The number of fused-ring (bicyclic) bond motifs is 1. The van der Waals surface area contributed by atoms with Crippen molar-refractivity contribution in [3.8, 4) is 0 Å². The molecule has 5 nitrogen and oxygen atoms in total. The zero-order valence-electron chi connectivity index (χ0n) is 14.6. The van der Waals surface area contributed by atoms with E-state index in [1.54, 1.807) is 11.8 Å². The van der Waals surface area contributed by atoms with Crippen LogP contribution in [0.1, 0.15) is 50.8 Å². The van der Waals surface area contributed by atoms with E-state index in [0.29, 0.717) is 13.0 Å². The Hall–Kier alpha value is -2.04. The maximum atomic E-state index is 12.7. The minimum absolute atomic E-state index is 0.0279. The molecule has 2 N–H and O–H groups in total. The van der Waals surface area contributed by atoms with Gasteiger partial charge >= 0.3 is 12.0 Å². The van der Waals surface area contributed by atoms with Crippen LogP contribution in [0.5, 0.6) is 0 Å². The highest BCUT2D eigenvalue weighted by atomic mass is 16.4. The SMILES string of the molecule is CC1(C(=O)O)CCN(C(=O)NC2c3ccccc3CCC2(C)C)C1. The first-order valence-corrected chi connectivity index (χ1v) is 8.60. The molecule has 0 bridgehead atoms. The van der Waals surface area contributed by atoms with Crippen LogP contribution in [-0.4, -0.2) is 35.1 Å². The second kappa shape index (κ2) is 5.80. The summed E-state index contributed by atoms with van der Waals surface area (Å²) in [5.41, 5.74) is 1.61. The summed E-state index contributed by atoms with van der Waals surface area (Å²) in [7, 11) is 0. The van der Waals surface area contributed by atoms with E-state index in [1.807, 2.05) is 12.1 Å². The monoisotopic (exact) mass is 330 g/mol. The summed E-state index contributed by atoms with van der Waals surface area (Å²) in [6.45, 7) is 6.83. The number of aryl methyl sites for hydroxylation is 1. The molecule has 130 valence electrons. The van der Waals surface area contributed by atoms with Gasteiger partial charge < -0.3 is 15.3 Å². The molecule has 24 heavy (non-hydrogen) atoms. The number of hydrogen-bond acceptors (Lipinski definition) is 2. The first-order chi connectivity index (χ1) is 11.2. The molecule has 1 fully saturated rings. The topological polar surface area (TPSA) is 69.6 Å². The third-order valence-electron chi connectivity index (χ3n) is 5.73. The molecular weight excluding hydrogens is 304 g/mol.